The lowest BCUT2D eigenvalue weighted by molar-refractivity contribution is 0.128. The van der Waals surface area contributed by atoms with Crippen molar-refractivity contribution >= 4 is 27.6 Å². The normalized spacial score (nSPS) is 13.0. The number of benzene rings is 1. The number of phenols is 1. The molecule has 6 heteroatoms. The Balaban J connectivity index is 1.96. The van der Waals surface area contributed by atoms with Gasteiger partial charge in [0.1, 0.15) is 11.6 Å². The third kappa shape index (κ3) is 3.34. The molecule has 0 aliphatic carbocycles. The minimum absolute atomic E-state index is 0.235. The predicted molar refractivity (Wildman–Crippen MR) is 107 cm³/mol. The fourth-order valence-electron chi connectivity index (χ4n) is 3.61. The van der Waals surface area contributed by atoms with E-state index in [4.69, 9.17) is 0 Å². The van der Waals surface area contributed by atoms with Crippen molar-refractivity contribution in [3.63, 3.8) is 0 Å². The maximum absolute atomic E-state index is 10.4. The van der Waals surface area contributed by atoms with E-state index in [0.717, 1.165) is 46.3 Å². The summed E-state index contributed by atoms with van der Waals surface area (Å²) in [5, 5.41) is 25.5. The Morgan fingerprint density at radius 2 is 2.00 bits per heavy atom. The number of aliphatic hydroxyl groups is 1. The zero-order valence-corrected chi connectivity index (χ0v) is 16.0. The van der Waals surface area contributed by atoms with E-state index in [1.54, 1.807) is 12.1 Å². The molecule has 3 rings (SSSR count). The number of rotatable bonds is 7. The number of hydrogen-bond donors (Lipinski definition) is 3. The highest BCUT2D eigenvalue weighted by Gasteiger charge is 2.17. The molecule has 0 amide bonds. The lowest BCUT2D eigenvalue weighted by Gasteiger charge is -2.22. The molecule has 0 saturated heterocycles. The summed E-state index contributed by atoms with van der Waals surface area (Å²) < 4.78 is 2.12. The molecule has 3 N–H and O–H groups in total. The van der Waals surface area contributed by atoms with Crippen molar-refractivity contribution in [2.45, 2.75) is 26.9 Å². The summed E-state index contributed by atoms with van der Waals surface area (Å²) in [7, 11) is 2.02. The first kappa shape index (κ1) is 18.5. The van der Waals surface area contributed by atoms with Gasteiger partial charge in [-0.15, -0.1) is 0 Å². The number of pyridine rings is 1. The van der Waals surface area contributed by atoms with Crippen LogP contribution in [0.4, 0.5) is 5.82 Å². The minimum atomic E-state index is -0.476. The van der Waals surface area contributed by atoms with Crippen LogP contribution in [-0.2, 0) is 7.05 Å². The van der Waals surface area contributed by atoms with Crippen LogP contribution in [0.1, 0.15) is 19.4 Å². The molecule has 2 heterocycles. The quantitative estimate of drug-likeness (QED) is 0.607. The van der Waals surface area contributed by atoms with Gasteiger partial charge in [-0.3, -0.25) is 0 Å². The van der Waals surface area contributed by atoms with Crippen LogP contribution in [-0.4, -0.2) is 56.9 Å². The molecule has 0 bridgehead atoms. The van der Waals surface area contributed by atoms with Crippen LogP contribution in [0.15, 0.2) is 24.4 Å². The van der Waals surface area contributed by atoms with Crippen LogP contribution in [0.2, 0.25) is 0 Å². The standard InChI is InChI=1S/C20H28N4O2/c1-5-24(6-2)12-15(26)11-22-20-18-16-9-14(25)7-8-17(16)23(4)19(18)13(3)10-21-20/h7-10,15,25-26H,5-6,11-12H2,1-4H3,(H,21,22). The molecular formula is C20H28N4O2. The molecule has 0 radical (unpaired) electrons. The van der Waals surface area contributed by atoms with Crippen LogP contribution in [0, 0.1) is 6.92 Å². The van der Waals surface area contributed by atoms with E-state index in [9.17, 15) is 10.2 Å². The first-order chi connectivity index (χ1) is 12.5. The topological polar surface area (TPSA) is 73.6 Å². The fraction of sp³-hybridized carbons (Fsp3) is 0.450. The number of likely N-dealkylation sites (N-methyl/N-ethyl adjacent to an activating group) is 1. The first-order valence-corrected chi connectivity index (χ1v) is 9.17. The van der Waals surface area contributed by atoms with Gasteiger partial charge in [0.15, 0.2) is 0 Å². The number of anilines is 1. The van der Waals surface area contributed by atoms with Gasteiger partial charge < -0.3 is 25.0 Å². The number of aromatic nitrogens is 2. The van der Waals surface area contributed by atoms with E-state index in [-0.39, 0.29) is 5.75 Å². The number of fused-ring (bicyclic) bond motifs is 3. The van der Waals surface area contributed by atoms with Crippen molar-refractivity contribution in [3.05, 3.63) is 30.0 Å². The second-order valence-electron chi connectivity index (χ2n) is 6.79. The number of aryl methyl sites for hydroxylation is 2. The Morgan fingerprint density at radius 1 is 1.27 bits per heavy atom. The smallest absolute Gasteiger partial charge is 0.136 e. The average Bonchev–Trinajstić information content (AvgIpc) is 2.92. The largest absolute Gasteiger partial charge is 0.508 e. The third-order valence-electron chi connectivity index (χ3n) is 5.05. The van der Waals surface area contributed by atoms with Gasteiger partial charge in [-0.05, 0) is 43.8 Å². The predicted octanol–water partition coefficient (Wildman–Crippen LogP) is 2.86. The molecule has 1 aromatic carbocycles. The molecule has 3 aromatic rings. The molecule has 1 unspecified atom stereocenters. The summed E-state index contributed by atoms with van der Waals surface area (Å²) in [6.07, 6.45) is 1.37. The highest BCUT2D eigenvalue weighted by atomic mass is 16.3. The second-order valence-corrected chi connectivity index (χ2v) is 6.79. The Labute approximate surface area is 154 Å². The van der Waals surface area contributed by atoms with Crippen LogP contribution in [0.25, 0.3) is 21.8 Å². The van der Waals surface area contributed by atoms with E-state index in [1.807, 2.05) is 26.2 Å². The Bertz CT molecular complexity index is 915. The number of nitrogens with one attached hydrogen (secondary N) is 1. The van der Waals surface area contributed by atoms with E-state index in [2.05, 4.69) is 33.6 Å². The van der Waals surface area contributed by atoms with Crippen molar-refractivity contribution < 1.29 is 10.2 Å². The van der Waals surface area contributed by atoms with Gasteiger partial charge in [-0.25, -0.2) is 4.98 Å². The molecule has 0 spiro atoms. The summed E-state index contributed by atoms with van der Waals surface area (Å²) in [5.74, 6) is 0.972. The molecule has 26 heavy (non-hydrogen) atoms. The highest BCUT2D eigenvalue weighted by molar-refractivity contribution is 6.14. The Morgan fingerprint density at radius 3 is 2.69 bits per heavy atom. The van der Waals surface area contributed by atoms with Gasteiger partial charge in [0, 0.05) is 37.2 Å². The van der Waals surface area contributed by atoms with Crippen molar-refractivity contribution in [1.82, 2.24) is 14.5 Å². The van der Waals surface area contributed by atoms with Gasteiger partial charge in [0.2, 0.25) is 0 Å². The van der Waals surface area contributed by atoms with Crippen LogP contribution >= 0.6 is 0 Å². The lowest BCUT2D eigenvalue weighted by Crippen LogP contribution is -2.36. The number of phenolic OH excluding ortho intramolecular Hbond substituents is 1. The Hall–Kier alpha value is -2.31. The molecule has 0 fully saturated rings. The van der Waals surface area contributed by atoms with E-state index in [0.29, 0.717) is 13.1 Å². The van der Waals surface area contributed by atoms with Gasteiger partial charge >= 0.3 is 0 Å². The molecule has 2 aromatic heterocycles. The van der Waals surface area contributed by atoms with Crippen molar-refractivity contribution in [2.75, 3.05) is 31.5 Å². The van der Waals surface area contributed by atoms with Crippen molar-refractivity contribution in [3.8, 4) is 5.75 Å². The second kappa shape index (κ2) is 7.51. The molecule has 0 aliphatic heterocycles. The third-order valence-corrected chi connectivity index (χ3v) is 5.05. The minimum Gasteiger partial charge on any atom is -0.508 e. The zero-order chi connectivity index (χ0) is 18.8. The highest BCUT2D eigenvalue weighted by Crippen LogP contribution is 2.35. The molecule has 6 nitrogen and oxygen atoms in total. The molecule has 0 saturated carbocycles. The van der Waals surface area contributed by atoms with E-state index >= 15 is 0 Å². The SMILES string of the molecule is CCN(CC)CC(O)CNc1ncc(C)c2c1c1cc(O)ccc1n2C. The molecular weight excluding hydrogens is 328 g/mol. The van der Waals surface area contributed by atoms with E-state index < -0.39 is 6.10 Å². The summed E-state index contributed by atoms with van der Waals surface area (Å²) >= 11 is 0. The van der Waals surface area contributed by atoms with Gasteiger partial charge in [-0.2, -0.15) is 0 Å². The summed E-state index contributed by atoms with van der Waals surface area (Å²) in [4.78, 5) is 6.76. The average molecular weight is 356 g/mol. The number of hydrogen-bond acceptors (Lipinski definition) is 5. The summed E-state index contributed by atoms with van der Waals surface area (Å²) in [6.45, 7) is 9.12. The van der Waals surface area contributed by atoms with E-state index in [1.165, 1.54) is 0 Å². The van der Waals surface area contributed by atoms with Gasteiger partial charge in [-0.1, -0.05) is 13.8 Å². The number of nitrogens with zero attached hydrogens (tertiary/aromatic N) is 3. The molecule has 140 valence electrons. The maximum atomic E-state index is 10.4. The number of aromatic hydroxyl groups is 1. The van der Waals surface area contributed by atoms with Crippen LogP contribution in [0.5, 0.6) is 5.75 Å². The van der Waals surface area contributed by atoms with Crippen LogP contribution in [0.3, 0.4) is 0 Å². The van der Waals surface area contributed by atoms with Crippen LogP contribution < -0.4 is 5.32 Å². The maximum Gasteiger partial charge on any atom is 0.136 e. The van der Waals surface area contributed by atoms with Crippen molar-refractivity contribution in [1.29, 1.82) is 0 Å². The first-order valence-electron chi connectivity index (χ1n) is 9.17. The van der Waals surface area contributed by atoms with Gasteiger partial charge in [0.25, 0.3) is 0 Å². The summed E-state index contributed by atoms with van der Waals surface area (Å²) in [5.41, 5.74) is 3.20. The molecule has 0 aliphatic rings. The van der Waals surface area contributed by atoms with Crippen molar-refractivity contribution in [2.24, 2.45) is 7.05 Å². The fourth-order valence-corrected chi connectivity index (χ4v) is 3.61. The zero-order valence-electron chi connectivity index (χ0n) is 16.0. The summed E-state index contributed by atoms with van der Waals surface area (Å²) in [6, 6.07) is 5.39. The van der Waals surface area contributed by atoms with Gasteiger partial charge in [0.05, 0.1) is 17.0 Å². The Kier molecular flexibility index (Phi) is 5.34. The monoisotopic (exact) mass is 356 g/mol. The number of aliphatic hydroxyl groups excluding tert-OH is 1. The molecule has 1 atom stereocenters. The lowest BCUT2D eigenvalue weighted by atomic mass is 10.1.